The molecule has 0 bridgehead atoms. The molecule has 0 aromatic heterocycles. The zero-order chi connectivity index (χ0) is 25.7. The lowest BCUT2D eigenvalue weighted by molar-refractivity contribution is -0.143. The quantitative estimate of drug-likeness (QED) is 0.444. The lowest BCUT2D eigenvalue weighted by atomic mass is 9.81. The Morgan fingerprint density at radius 1 is 0.765 bits per heavy atom. The minimum atomic E-state index is -0.875. The zero-order valence-electron chi connectivity index (χ0n) is 20.5. The highest BCUT2D eigenvalue weighted by molar-refractivity contribution is 6.30. The van der Waals surface area contributed by atoms with Crippen molar-refractivity contribution in [1.82, 2.24) is 0 Å². The van der Waals surface area contributed by atoms with Crippen LogP contribution in [0.4, 0.5) is 0 Å². The summed E-state index contributed by atoms with van der Waals surface area (Å²) in [5.41, 5.74) is -2.15. The predicted octanol–water partition coefficient (Wildman–Crippen LogP) is 4.39. The molecule has 0 aliphatic heterocycles. The number of aromatic hydroxyl groups is 1. The summed E-state index contributed by atoms with van der Waals surface area (Å²) in [4.78, 5) is 51.9. The molecule has 3 rings (SSSR count). The van der Waals surface area contributed by atoms with E-state index >= 15 is 0 Å². The van der Waals surface area contributed by atoms with Crippen molar-refractivity contribution >= 4 is 23.5 Å². The number of benzene rings is 2. The van der Waals surface area contributed by atoms with Gasteiger partial charge in [-0.3, -0.25) is 19.2 Å². The van der Waals surface area contributed by atoms with E-state index in [0.29, 0.717) is 0 Å². The molecule has 1 aliphatic rings. The molecule has 1 aliphatic carbocycles. The van der Waals surface area contributed by atoms with Crippen molar-refractivity contribution in [3.8, 4) is 23.0 Å². The Morgan fingerprint density at radius 3 is 1.76 bits per heavy atom. The topological polar surface area (TPSA) is 116 Å². The molecular formula is C26H28O8. The van der Waals surface area contributed by atoms with E-state index in [0.717, 1.165) is 0 Å². The number of phenols is 1. The maximum absolute atomic E-state index is 13.5. The molecule has 0 radical (unpaired) electrons. The van der Waals surface area contributed by atoms with Crippen LogP contribution in [-0.2, 0) is 9.59 Å². The van der Waals surface area contributed by atoms with Crippen molar-refractivity contribution in [3.05, 3.63) is 46.0 Å². The largest absolute Gasteiger partial charge is 0.507 e. The molecule has 0 saturated heterocycles. The van der Waals surface area contributed by atoms with Gasteiger partial charge in [0.1, 0.15) is 23.0 Å². The second-order valence-electron chi connectivity index (χ2n) is 10.3. The Bertz CT molecular complexity index is 1240. The van der Waals surface area contributed by atoms with E-state index in [1.165, 1.54) is 32.2 Å². The van der Waals surface area contributed by atoms with Crippen molar-refractivity contribution in [2.24, 2.45) is 10.8 Å². The van der Waals surface area contributed by atoms with Gasteiger partial charge in [-0.2, -0.15) is 0 Å². The standard InChI is InChI=1S/C26H28O8/c1-12-16(33-23(30)25(2,3)4)11-15-19(20(12)27)22(29)18-14(21(15)28)9-13(32-8)10-17(18)34-24(31)26(5,6)7/h9-11,27H,1-8H3. The average molecular weight is 469 g/mol. The first-order valence-corrected chi connectivity index (χ1v) is 10.7. The van der Waals surface area contributed by atoms with Gasteiger partial charge < -0.3 is 19.3 Å². The van der Waals surface area contributed by atoms with Gasteiger partial charge in [0.25, 0.3) is 0 Å². The zero-order valence-corrected chi connectivity index (χ0v) is 20.5. The summed E-state index contributed by atoms with van der Waals surface area (Å²) >= 11 is 0. The van der Waals surface area contributed by atoms with E-state index in [1.54, 1.807) is 41.5 Å². The van der Waals surface area contributed by atoms with Crippen molar-refractivity contribution in [3.63, 3.8) is 0 Å². The smallest absolute Gasteiger partial charge is 0.316 e. The molecule has 0 spiro atoms. The highest BCUT2D eigenvalue weighted by Crippen LogP contribution is 2.43. The first-order valence-electron chi connectivity index (χ1n) is 10.7. The molecule has 34 heavy (non-hydrogen) atoms. The lowest BCUT2D eigenvalue weighted by Crippen LogP contribution is -2.29. The van der Waals surface area contributed by atoms with Crippen LogP contribution in [0.1, 0.15) is 78.9 Å². The summed E-state index contributed by atoms with van der Waals surface area (Å²) in [5, 5.41) is 10.9. The Balaban J connectivity index is 2.21. The van der Waals surface area contributed by atoms with Crippen LogP contribution in [0.15, 0.2) is 18.2 Å². The molecule has 8 nitrogen and oxygen atoms in total. The summed E-state index contributed by atoms with van der Waals surface area (Å²) in [6.45, 7) is 11.4. The van der Waals surface area contributed by atoms with Crippen LogP contribution in [0.3, 0.4) is 0 Å². The molecule has 8 heteroatoms. The molecule has 2 aromatic rings. The number of hydrogen-bond donors (Lipinski definition) is 1. The van der Waals surface area contributed by atoms with Crippen LogP contribution in [0, 0.1) is 17.8 Å². The van der Waals surface area contributed by atoms with Gasteiger partial charge in [0.05, 0.1) is 29.1 Å². The lowest BCUT2D eigenvalue weighted by Gasteiger charge is -2.25. The van der Waals surface area contributed by atoms with E-state index in [-0.39, 0.29) is 45.1 Å². The normalized spacial score (nSPS) is 13.2. The second kappa shape index (κ2) is 8.27. The van der Waals surface area contributed by atoms with Crippen LogP contribution in [-0.4, -0.2) is 35.7 Å². The van der Waals surface area contributed by atoms with Gasteiger partial charge in [-0.15, -0.1) is 0 Å². The van der Waals surface area contributed by atoms with Gasteiger partial charge >= 0.3 is 11.9 Å². The van der Waals surface area contributed by atoms with E-state index in [9.17, 15) is 24.3 Å². The van der Waals surface area contributed by atoms with Crippen molar-refractivity contribution < 1.29 is 38.5 Å². The molecule has 1 N–H and O–H groups in total. The Kier molecular flexibility index (Phi) is 6.07. The number of carbonyl (C=O) groups is 4. The fourth-order valence-corrected chi connectivity index (χ4v) is 3.24. The van der Waals surface area contributed by atoms with Crippen LogP contribution in [0.2, 0.25) is 0 Å². The second-order valence-corrected chi connectivity index (χ2v) is 10.3. The van der Waals surface area contributed by atoms with E-state index in [4.69, 9.17) is 14.2 Å². The molecule has 0 saturated carbocycles. The number of fused-ring (bicyclic) bond motifs is 2. The monoisotopic (exact) mass is 468 g/mol. The Hall–Kier alpha value is -3.68. The number of rotatable bonds is 3. The van der Waals surface area contributed by atoms with E-state index < -0.39 is 40.1 Å². The van der Waals surface area contributed by atoms with Crippen LogP contribution in [0.25, 0.3) is 0 Å². The number of esters is 2. The number of methoxy groups -OCH3 is 1. The summed E-state index contributed by atoms with van der Waals surface area (Å²) in [7, 11) is 1.37. The Labute approximate surface area is 197 Å². The number of ketones is 2. The molecule has 0 unspecified atom stereocenters. The first-order chi connectivity index (χ1) is 15.6. The first kappa shape index (κ1) is 25.0. The van der Waals surface area contributed by atoms with Crippen LogP contribution in [0.5, 0.6) is 23.0 Å². The maximum atomic E-state index is 13.5. The minimum absolute atomic E-state index is 0.0249. The van der Waals surface area contributed by atoms with Crippen LogP contribution >= 0.6 is 0 Å². The molecule has 0 atom stereocenters. The SMILES string of the molecule is COc1cc(OC(=O)C(C)(C)C)c2c(c1)C(=O)c1cc(OC(=O)C(C)(C)C)c(C)c(O)c1C2=O. The number of hydrogen-bond acceptors (Lipinski definition) is 8. The predicted molar refractivity (Wildman–Crippen MR) is 123 cm³/mol. The van der Waals surface area contributed by atoms with Gasteiger partial charge in [0.2, 0.25) is 5.78 Å². The molecule has 0 heterocycles. The Morgan fingerprint density at radius 2 is 1.26 bits per heavy atom. The van der Waals surface area contributed by atoms with Crippen molar-refractivity contribution in [2.75, 3.05) is 7.11 Å². The van der Waals surface area contributed by atoms with Crippen LogP contribution < -0.4 is 14.2 Å². The van der Waals surface area contributed by atoms with Crippen molar-refractivity contribution in [1.29, 1.82) is 0 Å². The van der Waals surface area contributed by atoms with Crippen molar-refractivity contribution in [2.45, 2.75) is 48.5 Å². The van der Waals surface area contributed by atoms with Gasteiger partial charge in [0, 0.05) is 22.8 Å². The van der Waals surface area contributed by atoms with E-state index in [2.05, 4.69) is 0 Å². The highest BCUT2D eigenvalue weighted by Gasteiger charge is 2.38. The maximum Gasteiger partial charge on any atom is 0.316 e. The third-order valence-electron chi connectivity index (χ3n) is 5.39. The summed E-state index contributed by atoms with van der Waals surface area (Å²) in [5.74, 6) is -2.93. The molecule has 2 aromatic carbocycles. The molecule has 180 valence electrons. The summed E-state index contributed by atoms with van der Waals surface area (Å²) in [6.07, 6.45) is 0. The summed E-state index contributed by atoms with van der Waals surface area (Å²) in [6, 6.07) is 3.99. The van der Waals surface area contributed by atoms with Gasteiger partial charge in [-0.05, 0) is 60.6 Å². The van der Waals surface area contributed by atoms with E-state index in [1.807, 2.05) is 0 Å². The number of ether oxygens (including phenoxy) is 3. The highest BCUT2D eigenvalue weighted by atomic mass is 16.5. The molecule has 0 amide bonds. The number of carbonyl (C=O) groups excluding carboxylic acids is 4. The molecule has 0 fully saturated rings. The average Bonchev–Trinajstić information content (AvgIpc) is 2.73. The fourth-order valence-electron chi connectivity index (χ4n) is 3.24. The third kappa shape index (κ3) is 4.27. The molecular weight excluding hydrogens is 440 g/mol. The minimum Gasteiger partial charge on any atom is -0.507 e. The summed E-state index contributed by atoms with van der Waals surface area (Å²) < 4.78 is 16.2. The fraction of sp³-hybridized carbons (Fsp3) is 0.385. The van der Waals surface area contributed by atoms with Gasteiger partial charge in [-0.25, -0.2) is 0 Å². The number of phenolic OH excluding ortho intramolecular Hbond substituents is 1. The van der Waals surface area contributed by atoms with Gasteiger partial charge in [0.15, 0.2) is 5.78 Å². The van der Waals surface area contributed by atoms with Gasteiger partial charge in [-0.1, -0.05) is 0 Å². The third-order valence-corrected chi connectivity index (χ3v) is 5.39.